The zero-order valence-corrected chi connectivity index (χ0v) is 16.5. The van der Waals surface area contributed by atoms with Crippen molar-refractivity contribution < 1.29 is 9.59 Å². The summed E-state index contributed by atoms with van der Waals surface area (Å²) >= 11 is 16.3. The van der Waals surface area contributed by atoms with Gasteiger partial charge in [0.25, 0.3) is 11.1 Å². The van der Waals surface area contributed by atoms with E-state index in [1.807, 2.05) is 24.3 Å². The molecule has 2 amide bonds. The van der Waals surface area contributed by atoms with E-state index in [4.69, 9.17) is 23.2 Å². The summed E-state index contributed by atoms with van der Waals surface area (Å²) in [4.78, 5) is 26.1. The van der Waals surface area contributed by atoms with Crippen LogP contribution in [0.3, 0.4) is 0 Å². The van der Waals surface area contributed by atoms with Gasteiger partial charge in [-0.15, -0.1) is 0 Å². The van der Waals surface area contributed by atoms with Gasteiger partial charge in [-0.2, -0.15) is 0 Å². The van der Waals surface area contributed by atoms with Crippen molar-refractivity contribution in [3.63, 3.8) is 0 Å². The van der Waals surface area contributed by atoms with E-state index < -0.39 is 0 Å². The standard InChI is InChI=1S/C17H11BrCl2N2O2S/c18-11-3-1-2-10(6-11)7-15-16(23)22(17(24)25-15)9-21-14-8-12(19)4-5-13(14)20/h1-8,21H,9H2/b15-7+. The maximum atomic E-state index is 12.5. The first kappa shape index (κ1) is 18.3. The Morgan fingerprint density at radius 1 is 1.16 bits per heavy atom. The number of halogens is 3. The van der Waals surface area contributed by atoms with Crippen LogP contribution in [0.5, 0.6) is 0 Å². The van der Waals surface area contributed by atoms with E-state index >= 15 is 0 Å². The second-order valence-corrected chi connectivity index (χ2v) is 7.88. The summed E-state index contributed by atoms with van der Waals surface area (Å²) in [6.45, 7) is 0.0144. The maximum absolute atomic E-state index is 12.5. The van der Waals surface area contributed by atoms with Crippen molar-refractivity contribution in [2.75, 3.05) is 12.0 Å². The Morgan fingerprint density at radius 3 is 2.72 bits per heavy atom. The summed E-state index contributed by atoms with van der Waals surface area (Å²) in [5.74, 6) is -0.347. The lowest BCUT2D eigenvalue weighted by Crippen LogP contribution is -2.33. The Morgan fingerprint density at radius 2 is 1.96 bits per heavy atom. The fourth-order valence-corrected chi connectivity index (χ4v) is 3.79. The van der Waals surface area contributed by atoms with Crippen molar-refractivity contribution in [2.24, 2.45) is 0 Å². The third kappa shape index (κ3) is 4.39. The second kappa shape index (κ2) is 7.83. The predicted molar refractivity (Wildman–Crippen MR) is 107 cm³/mol. The Balaban J connectivity index is 1.74. The monoisotopic (exact) mass is 456 g/mol. The largest absolute Gasteiger partial charge is 0.366 e. The lowest BCUT2D eigenvalue weighted by atomic mass is 10.2. The molecule has 128 valence electrons. The van der Waals surface area contributed by atoms with Gasteiger partial charge < -0.3 is 5.32 Å². The van der Waals surface area contributed by atoms with Gasteiger partial charge in [0.2, 0.25) is 0 Å². The van der Waals surface area contributed by atoms with Gasteiger partial charge in [-0.25, -0.2) is 0 Å². The Kier molecular flexibility index (Phi) is 5.74. The molecule has 2 aromatic rings. The summed E-state index contributed by atoms with van der Waals surface area (Å²) < 4.78 is 0.901. The molecule has 0 spiro atoms. The molecule has 0 aromatic heterocycles. The van der Waals surface area contributed by atoms with Crippen LogP contribution in [0.25, 0.3) is 6.08 Å². The number of imide groups is 1. The topological polar surface area (TPSA) is 49.4 Å². The fourth-order valence-electron chi connectivity index (χ4n) is 2.18. The molecular weight excluding hydrogens is 447 g/mol. The predicted octanol–water partition coefficient (Wildman–Crippen LogP) is 5.86. The number of nitrogens with one attached hydrogen (secondary N) is 1. The number of amides is 2. The van der Waals surface area contributed by atoms with Gasteiger partial charge in [0.15, 0.2) is 0 Å². The average molecular weight is 458 g/mol. The number of rotatable bonds is 4. The van der Waals surface area contributed by atoms with E-state index in [-0.39, 0.29) is 17.8 Å². The van der Waals surface area contributed by atoms with Gasteiger partial charge in [0, 0.05) is 9.50 Å². The molecule has 25 heavy (non-hydrogen) atoms. The van der Waals surface area contributed by atoms with Crippen LogP contribution in [0.1, 0.15) is 5.56 Å². The minimum Gasteiger partial charge on any atom is -0.366 e. The molecule has 0 saturated carbocycles. The molecule has 1 fully saturated rings. The molecule has 0 atom stereocenters. The van der Waals surface area contributed by atoms with Gasteiger partial charge in [-0.3, -0.25) is 14.5 Å². The number of carbonyl (C=O) groups is 2. The van der Waals surface area contributed by atoms with Crippen LogP contribution < -0.4 is 5.32 Å². The summed E-state index contributed by atoms with van der Waals surface area (Å²) in [5.41, 5.74) is 1.40. The van der Waals surface area contributed by atoms with Crippen LogP contribution in [0.4, 0.5) is 10.5 Å². The molecule has 0 radical (unpaired) electrons. The molecule has 0 aliphatic carbocycles. The van der Waals surface area contributed by atoms with Crippen molar-refractivity contribution in [3.05, 3.63) is 67.5 Å². The van der Waals surface area contributed by atoms with Gasteiger partial charge in [0.05, 0.1) is 22.3 Å². The number of hydrogen-bond acceptors (Lipinski definition) is 4. The molecule has 0 bridgehead atoms. The van der Waals surface area contributed by atoms with E-state index in [1.165, 1.54) is 0 Å². The lowest BCUT2D eigenvalue weighted by molar-refractivity contribution is -0.122. The molecule has 1 aliphatic rings. The molecule has 1 heterocycles. The number of carbonyl (C=O) groups excluding carboxylic acids is 2. The number of benzene rings is 2. The quantitative estimate of drug-likeness (QED) is 0.584. The number of nitrogens with zero attached hydrogens (tertiary/aromatic N) is 1. The minimum atomic E-state index is -0.347. The zero-order valence-electron chi connectivity index (χ0n) is 12.6. The highest BCUT2D eigenvalue weighted by Crippen LogP contribution is 2.33. The molecule has 1 aliphatic heterocycles. The van der Waals surface area contributed by atoms with Crippen molar-refractivity contribution >= 4 is 73.8 Å². The molecule has 0 unspecified atom stereocenters. The Hall–Kier alpha value is -1.47. The number of anilines is 1. The van der Waals surface area contributed by atoms with Crippen LogP contribution in [0.15, 0.2) is 51.8 Å². The highest BCUT2D eigenvalue weighted by molar-refractivity contribution is 9.10. The second-order valence-electron chi connectivity index (χ2n) is 5.12. The average Bonchev–Trinajstić information content (AvgIpc) is 2.82. The van der Waals surface area contributed by atoms with Gasteiger partial charge >= 0.3 is 0 Å². The van der Waals surface area contributed by atoms with E-state index in [0.717, 1.165) is 26.7 Å². The van der Waals surface area contributed by atoms with Crippen LogP contribution in [-0.2, 0) is 4.79 Å². The van der Waals surface area contributed by atoms with E-state index in [1.54, 1.807) is 24.3 Å². The summed E-state index contributed by atoms with van der Waals surface area (Å²) in [6, 6.07) is 12.4. The maximum Gasteiger partial charge on any atom is 0.295 e. The number of hydrogen-bond donors (Lipinski definition) is 1. The van der Waals surface area contributed by atoms with E-state index in [9.17, 15) is 9.59 Å². The summed E-state index contributed by atoms with van der Waals surface area (Å²) in [7, 11) is 0. The fraction of sp³-hybridized carbons (Fsp3) is 0.0588. The molecule has 2 aromatic carbocycles. The minimum absolute atomic E-state index is 0.0144. The molecule has 8 heteroatoms. The molecule has 3 rings (SSSR count). The van der Waals surface area contributed by atoms with Gasteiger partial charge in [0.1, 0.15) is 0 Å². The van der Waals surface area contributed by atoms with Crippen molar-refractivity contribution in [1.82, 2.24) is 4.90 Å². The molecule has 1 N–H and O–H groups in total. The first-order valence-electron chi connectivity index (χ1n) is 7.14. The molecule has 1 saturated heterocycles. The molecular formula is C17H11BrCl2N2O2S. The lowest BCUT2D eigenvalue weighted by Gasteiger charge is -2.15. The number of thioether (sulfide) groups is 1. The summed E-state index contributed by atoms with van der Waals surface area (Å²) in [6.07, 6.45) is 1.70. The smallest absolute Gasteiger partial charge is 0.295 e. The zero-order chi connectivity index (χ0) is 18.0. The van der Waals surface area contributed by atoms with Crippen LogP contribution >= 0.6 is 50.9 Å². The highest BCUT2D eigenvalue weighted by atomic mass is 79.9. The van der Waals surface area contributed by atoms with Crippen molar-refractivity contribution in [1.29, 1.82) is 0 Å². The van der Waals surface area contributed by atoms with E-state index in [0.29, 0.717) is 20.6 Å². The normalized spacial score (nSPS) is 16.0. The van der Waals surface area contributed by atoms with Crippen molar-refractivity contribution in [3.8, 4) is 0 Å². The third-order valence-electron chi connectivity index (χ3n) is 3.38. The first-order valence-corrected chi connectivity index (χ1v) is 9.50. The van der Waals surface area contributed by atoms with Gasteiger partial charge in [-0.1, -0.05) is 51.3 Å². The van der Waals surface area contributed by atoms with Gasteiger partial charge in [-0.05, 0) is 53.7 Å². The molecule has 4 nitrogen and oxygen atoms in total. The first-order chi connectivity index (χ1) is 11.9. The highest BCUT2D eigenvalue weighted by Gasteiger charge is 2.34. The SMILES string of the molecule is O=C1S/C(=C/c2cccc(Br)c2)C(=O)N1CNc1cc(Cl)ccc1Cl. The van der Waals surface area contributed by atoms with Crippen LogP contribution in [0, 0.1) is 0 Å². The third-order valence-corrected chi connectivity index (χ3v) is 5.34. The Bertz CT molecular complexity index is 889. The van der Waals surface area contributed by atoms with E-state index in [2.05, 4.69) is 21.2 Å². The van der Waals surface area contributed by atoms with Crippen LogP contribution in [0.2, 0.25) is 10.0 Å². The summed E-state index contributed by atoms with van der Waals surface area (Å²) in [5, 5.41) is 3.60. The van der Waals surface area contributed by atoms with Crippen LogP contribution in [-0.4, -0.2) is 22.7 Å². The Labute approximate surface area is 167 Å². The van der Waals surface area contributed by atoms with Crippen molar-refractivity contribution in [2.45, 2.75) is 0 Å².